The lowest BCUT2D eigenvalue weighted by Gasteiger charge is -2.54. The monoisotopic (exact) mass is 1100 g/mol. The van der Waals surface area contributed by atoms with Gasteiger partial charge in [-0.1, -0.05) is 232 Å². The molecule has 4 atom stereocenters. The van der Waals surface area contributed by atoms with Crippen molar-refractivity contribution in [3.8, 4) is 22.3 Å². The van der Waals surface area contributed by atoms with Crippen LogP contribution in [0.4, 0.5) is 39.8 Å². The molecule has 5 heteroatoms. The van der Waals surface area contributed by atoms with Gasteiger partial charge in [0.15, 0.2) is 0 Å². The van der Waals surface area contributed by atoms with Crippen LogP contribution in [0.3, 0.4) is 0 Å². The smallest absolute Gasteiger partial charge is 0.252 e. The van der Waals surface area contributed by atoms with E-state index in [1.165, 1.54) is 137 Å². The molecular formula is C78H82BN3Si. The van der Waals surface area contributed by atoms with Crippen molar-refractivity contribution in [2.45, 2.75) is 166 Å². The molecule has 4 heterocycles. The lowest BCUT2D eigenvalue weighted by Crippen LogP contribution is -2.65. The Kier molecular flexibility index (Phi) is 11.4. The summed E-state index contributed by atoms with van der Waals surface area (Å²) in [6, 6.07) is 72.6. The van der Waals surface area contributed by atoms with E-state index in [-0.39, 0.29) is 39.5 Å². The van der Waals surface area contributed by atoms with Crippen molar-refractivity contribution in [1.82, 2.24) is 0 Å². The van der Waals surface area contributed by atoms with E-state index in [2.05, 4.69) is 279 Å². The topological polar surface area (TPSA) is 9.72 Å². The predicted octanol–water partition coefficient (Wildman–Crippen LogP) is 18.4. The third kappa shape index (κ3) is 7.41. The summed E-state index contributed by atoms with van der Waals surface area (Å²) in [7, 11) is -1.90. The molecule has 4 aliphatic heterocycles. The van der Waals surface area contributed by atoms with Gasteiger partial charge in [-0.25, -0.2) is 0 Å². The standard InChI is InChI=1S/C78H82BN3Si/c1-73(2,3)57-34-37-66(61(45-57)55-32-31-52-27-19-20-28-53(52)43-55)80-68-38-35-58(74(4,5)6)46-64(68)79-65-50-60(83(10,11)12)49-63-72(65)82(77(9)41-23-24-42-78(63,77)56-29-17-14-18-30-56)70-48-59(47-69(80)71(70)79)81-67-36-33-54(51-25-15-13-16-26-51)44-62(67)75(7)39-21-22-40-76(75,81)8/h13-20,25-38,43-50H,21-24,39-42H2,1-12H3. The molecule has 2 aliphatic carbocycles. The summed E-state index contributed by atoms with van der Waals surface area (Å²) in [5.41, 5.74) is 25.3. The van der Waals surface area contributed by atoms with Crippen LogP contribution >= 0.6 is 0 Å². The van der Waals surface area contributed by atoms with Gasteiger partial charge in [0, 0.05) is 50.5 Å². The van der Waals surface area contributed by atoms with Crippen LogP contribution in [-0.4, -0.2) is 25.9 Å². The Morgan fingerprint density at radius 1 is 0.446 bits per heavy atom. The van der Waals surface area contributed by atoms with E-state index in [9.17, 15) is 0 Å². The molecule has 0 radical (unpaired) electrons. The third-order valence-electron chi connectivity index (χ3n) is 22.1. The van der Waals surface area contributed by atoms with Gasteiger partial charge in [-0.2, -0.15) is 0 Å². The van der Waals surface area contributed by atoms with Gasteiger partial charge in [0.05, 0.1) is 24.8 Å². The van der Waals surface area contributed by atoms with Crippen molar-refractivity contribution < 1.29 is 0 Å². The molecule has 0 N–H and O–H groups in total. The molecule has 0 spiro atoms. The largest absolute Gasteiger partial charge is 0.335 e. The number of fused-ring (bicyclic) bond motifs is 11. The van der Waals surface area contributed by atoms with Crippen LogP contribution in [0.15, 0.2) is 182 Å². The number of nitrogens with zero attached hydrogens (tertiary/aromatic N) is 3. The normalized spacial score (nSPS) is 23.1. The number of anilines is 7. The minimum absolute atomic E-state index is 0.00766. The van der Waals surface area contributed by atoms with Gasteiger partial charge in [0.1, 0.15) is 0 Å². The Hall–Kier alpha value is -7.08. The maximum atomic E-state index is 3.01. The molecule has 15 rings (SSSR count). The lowest BCUT2D eigenvalue weighted by molar-refractivity contribution is 0.195. The van der Waals surface area contributed by atoms with Crippen LogP contribution in [0.1, 0.15) is 141 Å². The van der Waals surface area contributed by atoms with Crippen LogP contribution in [0.2, 0.25) is 19.6 Å². The first-order chi connectivity index (χ1) is 39.6. The quantitative estimate of drug-likeness (QED) is 0.154. The fraction of sp³-hybridized carbons (Fsp3) is 0.333. The van der Waals surface area contributed by atoms with Crippen molar-refractivity contribution in [1.29, 1.82) is 0 Å². The third-order valence-corrected chi connectivity index (χ3v) is 24.1. The van der Waals surface area contributed by atoms with Gasteiger partial charge in [-0.05, 0) is 171 Å². The first-order valence-electron chi connectivity index (χ1n) is 31.5. The molecule has 9 aromatic carbocycles. The molecule has 3 nitrogen and oxygen atoms in total. The zero-order valence-corrected chi connectivity index (χ0v) is 52.4. The molecule has 0 bridgehead atoms. The zero-order chi connectivity index (χ0) is 57.4. The van der Waals surface area contributed by atoms with Gasteiger partial charge < -0.3 is 14.7 Å². The van der Waals surface area contributed by atoms with Gasteiger partial charge in [0.25, 0.3) is 6.71 Å². The van der Waals surface area contributed by atoms with Crippen molar-refractivity contribution in [3.63, 3.8) is 0 Å². The molecule has 83 heavy (non-hydrogen) atoms. The molecule has 2 fully saturated rings. The molecule has 0 aromatic heterocycles. The maximum Gasteiger partial charge on any atom is 0.252 e. The second-order valence-corrected chi connectivity index (χ2v) is 34.9. The highest BCUT2D eigenvalue weighted by atomic mass is 28.3. The van der Waals surface area contributed by atoms with Crippen LogP contribution < -0.4 is 36.3 Å². The maximum absolute atomic E-state index is 3.01. The summed E-state index contributed by atoms with van der Waals surface area (Å²) in [6.45, 7) is 30.0. The van der Waals surface area contributed by atoms with E-state index < -0.39 is 8.07 Å². The lowest BCUT2D eigenvalue weighted by atomic mass is 9.33. The number of rotatable bonds is 6. The summed E-state index contributed by atoms with van der Waals surface area (Å²) >= 11 is 0. The van der Waals surface area contributed by atoms with Crippen molar-refractivity contribution in [2.24, 2.45) is 0 Å². The van der Waals surface area contributed by atoms with Gasteiger partial charge in [0.2, 0.25) is 0 Å². The second-order valence-electron chi connectivity index (χ2n) is 29.8. The Balaban J connectivity index is 1.10. The molecule has 2 saturated carbocycles. The Morgan fingerprint density at radius 2 is 1.06 bits per heavy atom. The number of hydrogen-bond acceptors (Lipinski definition) is 3. The summed E-state index contributed by atoms with van der Waals surface area (Å²) < 4.78 is 0. The minimum Gasteiger partial charge on any atom is -0.335 e. The number of benzene rings is 9. The second kappa shape index (κ2) is 18.0. The molecule has 0 saturated heterocycles. The molecular weight excluding hydrogens is 1020 g/mol. The SMILES string of the molecule is CC(C)(C)c1ccc2c(c1)B1c3cc([Si](C)(C)C)cc4c3N(c3cc(N5c6ccc(-c7ccccc7)cc6C6(C)CCCCC56C)cc(c31)N2c1ccc(C(C)(C)C)cc1-c1ccc2ccccc2c1)C1(C)CCCCC41c1ccccc1. The highest BCUT2D eigenvalue weighted by Gasteiger charge is 2.65. The summed E-state index contributed by atoms with van der Waals surface area (Å²) in [5.74, 6) is 0. The zero-order valence-electron chi connectivity index (χ0n) is 51.4. The van der Waals surface area contributed by atoms with Crippen LogP contribution in [-0.2, 0) is 21.7 Å². The van der Waals surface area contributed by atoms with Crippen molar-refractivity contribution in [2.75, 3.05) is 14.7 Å². The minimum atomic E-state index is -1.90. The van der Waals surface area contributed by atoms with Crippen LogP contribution in [0.5, 0.6) is 0 Å². The Morgan fingerprint density at radius 3 is 1.78 bits per heavy atom. The van der Waals surface area contributed by atoms with E-state index >= 15 is 0 Å². The Bertz CT molecular complexity index is 4140. The van der Waals surface area contributed by atoms with Crippen molar-refractivity contribution in [3.05, 3.63) is 210 Å². The van der Waals surface area contributed by atoms with Gasteiger partial charge in [-0.15, -0.1) is 0 Å². The Labute approximate surface area is 496 Å². The first kappa shape index (κ1) is 52.7. The highest BCUT2D eigenvalue weighted by molar-refractivity contribution is 7.01. The summed E-state index contributed by atoms with van der Waals surface area (Å²) in [6.07, 6.45) is 9.40. The fourth-order valence-electron chi connectivity index (χ4n) is 17.4. The van der Waals surface area contributed by atoms with Gasteiger partial charge >= 0.3 is 0 Å². The van der Waals surface area contributed by atoms with Crippen molar-refractivity contribution >= 4 is 86.9 Å². The summed E-state index contributed by atoms with van der Waals surface area (Å²) in [4.78, 5) is 8.67. The molecule has 4 unspecified atom stereocenters. The first-order valence-corrected chi connectivity index (χ1v) is 35.0. The fourth-order valence-corrected chi connectivity index (χ4v) is 18.5. The molecule has 416 valence electrons. The molecule has 9 aromatic rings. The molecule has 0 amide bonds. The van der Waals surface area contributed by atoms with E-state index in [4.69, 9.17) is 0 Å². The van der Waals surface area contributed by atoms with E-state index in [0.29, 0.717) is 0 Å². The van der Waals surface area contributed by atoms with Crippen LogP contribution in [0.25, 0.3) is 33.0 Å². The summed E-state index contributed by atoms with van der Waals surface area (Å²) in [5, 5.41) is 4.10. The highest BCUT2D eigenvalue weighted by Crippen LogP contribution is 2.66. The van der Waals surface area contributed by atoms with Crippen LogP contribution in [0, 0.1) is 0 Å². The average Bonchev–Trinajstić information content (AvgIpc) is 1.57. The van der Waals surface area contributed by atoms with E-state index in [1.807, 2.05) is 0 Å². The van der Waals surface area contributed by atoms with E-state index in [0.717, 1.165) is 25.7 Å². The van der Waals surface area contributed by atoms with E-state index in [1.54, 1.807) is 10.8 Å². The number of hydrogen-bond donors (Lipinski definition) is 0. The average molecular weight is 1100 g/mol. The molecule has 6 aliphatic rings. The predicted molar refractivity (Wildman–Crippen MR) is 360 cm³/mol. The van der Waals surface area contributed by atoms with Gasteiger partial charge in [-0.3, -0.25) is 0 Å².